The number of piperidine rings is 3. The molecule has 3 aliphatic heterocycles. The minimum atomic E-state index is -0.155. The lowest BCUT2D eigenvalue weighted by Gasteiger charge is -2.44. The number of fused-ring (bicyclic) bond motifs is 4. The summed E-state index contributed by atoms with van der Waals surface area (Å²) in [5.74, 6) is 0.435. The van der Waals surface area contributed by atoms with E-state index in [-0.39, 0.29) is 11.9 Å². The number of carbonyl (C=O) groups is 1. The molecule has 110 valence electrons. The first-order valence-electron chi connectivity index (χ1n) is 7.39. The first-order valence-corrected chi connectivity index (χ1v) is 7.39. The van der Waals surface area contributed by atoms with Crippen LogP contribution < -0.4 is 11.1 Å². The summed E-state index contributed by atoms with van der Waals surface area (Å²) in [7, 11) is 0. The third-order valence-electron chi connectivity index (χ3n) is 4.68. The zero-order chi connectivity index (χ0) is 14.4. The van der Waals surface area contributed by atoms with Gasteiger partial charge in [-0.15, -0.1) is 0 Å². The first-order chi connectivity index (χ1) is 10.2. The maximum Gasteiger partial charge on any atom is 0.274 e. The first kappa shape index (κ1) is 12.6. The lowest BCUT2D eigenvalue weighted by Crippen LogP contribution is -2.57. The lowest BCUT2D eigenvalue weighted by molar-refractivity contribution is 0.0616. The number of anilines is 1. The second-order valence-electron chi connectivity index (χ2n) is 6.00. The molecular weight excluding hydrogens is 268 g/mol. The molecule has 3 saturated heterocycles. The fourth-order valence-electron chi connectivity index (χ4n) is 3.48. The van der Waals surface area contributed by atoms with Gasteiger partial charge in [-0.3, -0.25) is 4.79 Å². The number of nitrogens with two attached hydrogens (primary N) is 1. The average molecular weight is 286 g/mol. The molecule has 0 saturated carbocycles. The molecule has 0 spiro atoms. The van der Waals surface area contributed by atoms with Crippen molar-refractivity contribution in [3.8, 4) is 0 Å². The van der Waals surface area contributed by atoms with E-state index in [0.29, 0.717) is 28.3 Å². The minimum absolute atomic E-state index is 0.155. The molecule has 3 N–H and O–H groups in total. The number of hydrogen-bond donors (Lipinski definition) is 2. The molecule has 0 aliphatic carbocycles. The third kappa shape index (κ3) is 2.15. The lowest BCUT2D eigenvalue weighted by atomic mass is 9.84. The summed E-state index contributed by atoms with van der Waals surface area (Å²) in [6, 6.07) is 5.45. The van der Waals surface area contributed by atoms with Gasteiger partial charge < -0.3 is 20.5 Å². The Morgan fingerprint density at radius 2 is 2.19 bits per heavy atom. The summed E-state index contributed by atoms with van der Waals surface area (Å²) >= 11 is 0. The number of nitrogens with zero attached hydrogens (tertiary/aromatic N) is 2. The fraction of sp³-hybridized carbons (Fsp3) is 0.467. The zero-order valence-corrected chi connectivity index (χ0v) is 11.7. The summed E-state index contributed by atoms with van der Waals surface area (Å²) in [5, 5.41) is 7.74. The van der Waals surface area contributed by atoms with Crippen molar-refractivity contribution in [3.05, 3.63) is 23.9 Å². The molecule has 2 aromatic rings. The highest BCUT2D eigenvalue weighted by molar-refractivity contribution is 6.04. The predicted octanol–water partition coefficient (Wildman–Crippen LogP) is 1.23. The molecule has 5 rings (SSSR count). The second-order valence-corrected chi connectivity index (χ2v) is 6.00. The molecule has 0 unspecified atom stereocenters. The van der Waals surface area contributed by atoms with Gasteiger partial charge in [-0.25, -0.2) is 0 Å². The van der Waals surface area contributed by atoms with Crippen molar-refractivity contribution in [3.63, 3.8) is 0 Å². The number of carbonyl (C=O) groups excluding carboxylic acids is 1. The quantitative estimate of drug-likeness (QED) is 0.811. The number of aromatic nitrogens is 1. The zero-order valence-electron chi connectivity index (χ0n) is 11.7. The van der Waals surface area contributed by atoms with Gasteiger partial charge in [0.2, 0.25) is 0 Å². The van der Waals surface area contributed by atoms with Crippen molar-refractivity contribution >= 4 is 22.6 Å². The smallest absolute Gasteiger partial charge is 0.274 e. The monoisotopic (exact) mass is 286 g/mol. The summed E-state index contributed by atoms with van der Waals surface area (Å²) in [5.41, 5.74) is 7.20. The van der Waals surface area contributed by atoms with Crippen LogP contribution >= 0.6 is 0 Å². The third-order valence-corrected chi connectivity index (χ3v) is 4.68. The van der Waals surface area contributed by atoms with Crippen molar-refractivity contribution < 1.29 is 9.32 Å². The van der Waals surface area contributed by atoms with Gasteiger partial charge in [-0.1, -0.05) is 5.16 Å². The van der Waals surface area contributed by atoms with Gasteiger partial charge in [0, 0.05) is 24.3 Å². The van der Waals surface area contributed by atoms with Gasteiger partial charge in [0.15, 0.2) is 11.3 Å². The molecule has 3 aliphatic rings. The number of nitrogens with one attached hydrogen (secondary N) is 1. The molecule has 3 fully saturated rings. The molecule has 0 radical (unpaired) electrons. The molecule has 2 bridgehead atoms. The molecule has 21 heavy (non-hydrogen) atoms. The fourth-order valence-corrected chi connectivity index (χ4v) is 3.48. The number of amides is 1. The van der Waals surface area contributed by atoms with Crippen LogP contribution in [0, 0.1) is 5.92 Å². The van der Waals surface area contributed by atoms with E-state index in [1.807, 2.05) is 0 Å². The Morgan fingerprint density at radius 3 is 2.90 bits per heavy atom. The second kappa shape index (κ2) is 4.73. The predicted molar refractivity (Wildman–Crippen MR) is 78.8 cm³/mol. The molecule has 6 nitrogen and oxygen atoms in total. The highest BCUT2D eigenvalue weighted by Crippen LogP contribution is 2.28. The van der Waals surface area contributed by atoms with Gasteiger partial charge in [0.1, 0.15) is 0 Å². The van der Waals surface area contributed by atoms with Crippen LogP contribution in [-0.2, 0) is 0 Å². The van der Waals surface area contributed by atoms with E-state index in [4.69, 9.17) is 10.3 Å². The SMILES string of the molecule is Nc1ccc2c(C(=O)N[C@@H]3CN4CCC3CC4)noc2c1. The van der Waals surface area contributed by atoms with E-state index in [9.17, 15) is 4.79 Å². The van der Waals surface area contributed by atoms with E-state index in [2.05, 4.69) is 15.4 Å². The van der Waals surface area contributed by atoms with Gasteiger partial charge in [0.25, 0.3) is 5.91 Å². The van der Waals surface area contributed by atoms with Gasteiger partial charge in [-0.2, -0.15) is 0 Å². The van der Waals surface area contributed by atoms with Crippen molar-refractivity contribution in [1.82, 2.24) is 15.4 Å². The van der Waals surface area contributed by atoms with Crippen LogP contribution in [0.15, 0.2) is 22.7 Å². The van der Waals surface area contributed by atoms with Gasteiger partial charge in [-0.05, 0) is 44.0 Å². The Hall–Kier alpha value is -2.08. The van der Waals surface area contributed by atoms with Crippen molar-refractivity contribution in [1.29, 1.82) is 0 Å². The summed E-state index contributed by atoms with van der Waals surface area (Å²) < 4.78 is 5.20. The van der Waals surface area contributed by atoms with Crippen LogP contribution in [0.2, 0.25) is 0 Å². The van der Waals surface area contributed by atoms with E-state index in [1.54, 1.807) is 18.2 Å². The molecule has 1 atom stereocenters. The van der Waals surface area contributed by atoms with Crippen LogP contribution in [0.5, 0.6) is 0 Å². The van der Waals surface area contributed by atoms with Crippen LogP contribution in [0.3, 0.4) is 0 Å². The van der Waals surface area contributed by atoms with Gasteiger partial charge >= 0.3 is 0 Å². The van der Waals surface area contributed by atoms with Crippen molar-refractivity contribution in [2.45, 2.75) is 18.9 Å². The summed E-state index contributed by atoms with van der Waals surface area (Å²) in [6.45, 7) is 3.26. The average Bonchev–Trinajstić information content (AvgIpc) is 2.91. The molecule has 4 heterocycles. The Kier molecular flexibility index (Phi) is 2.85. The van der Waals surface area contributed by atoms with E-state index >= 15 is 0 Å². The number of benzene rings is 1. The van der Waals surface area contributed by atoms with Crippen LogP contribution in [0.4, 0.5) is 5.69 Å². The molecule has 1 aromatic carbocycles. The summed E-state index contributed by atoms with van der Waals surface area (Å²) in [4.78, 5) is 14.9. The standard InChI is InChI=1S/C15H18N4O2/c16-10-1-2-11-13(7-10)21-18-14(11)15(20)17-12-8-19-5-3-9(12)4-6-19/h1-2,7,9,12H,3-6,8,16H2,(H,17,20)/t12-/m1/s1. The molecule has 6 heteroatoms. The topological polar surface area (TPSA) is 84.4 Å². The van der Waals surface area contributed by atoms with Crippen LogP contribution in [0.1, 0.15) is 23.3 Å². The normalized spacial score (nSPS) is 27.9. The van der Waals surface area contributed by atoms with E-state index in [1.165, 1.54) is 12.8 Å². The number of rotatable bonds is 2. The largest absolute Gasteiger partial charge is 0.399 e. The maximum absolute atomic E-state index is 12.5. The molecular formula is C15H18N4O2. The Bertz CT molecular complexity index is 688. The number of hydrogen-bond acceptors (Lipinski definition) is 5. The highest BCUT2D eigenvalue weighted by atomic mass is 16.5. The van der Waals surface area contributed by atoms with Crippen molar-refractivity contribution in [2.75, 3.05) is 25.4 Å². The van der Waals surface area contributed by atoms with Crippen LogP contribution in [0.25, 0.3) is 11.0 Å². The van der Waals surface area contributed by atoms with E-state index in [0.717, 1.165) is 19.6 Å². The number of nitrogen functional groups attached to an aromatic ring is 1. The van der Waals surface area contributed by atoms with Crippen molar-refractivity contribution in [2.24, 2.45) is 5.92 Å². The Balaban J connectivity index is 1.56. The Morgan fingerprint density at radius 1 is 1.38 bits per heavy atom. The molecule has 1 aromatic heterocycles. The maximum atomic E-state index is 12.5. The molecule has 1 amide bonds. The van der Waals surface area contributed by atoms with Gasteiger partial charge in [0.05, 0.1) is 5.39 Å². The van der Waals surface area contributed by atoms with Crippen LogP contribution in [-0.4, -0.2) is 41.6 Å². The summed E-state index contributed by atoms with van der Waals surface area (Å²) in [6.07, 6.45) is 2.34. The highest BCUT2D eigenvalue weighted by Gasteiger charge is 2.35. The van der Waals surface area contributed by atoms with E-state index < -0.39 is 0 Å². The Labute approximate surface area is 122 Å². The minimum Gasteiger partial charge on any atom is -0.399 e.